The van der Waals surface area contributed by atoms with Crippen LogP contribution in [0.1, 0.15) is 5.56 Å². The van der Waals surface area contributed by atoms with Gasteiger partial charge >= 0.3 is 0 Å². The first kappa shape index (κ1) is 22.0. The van der Waals surface area contributed by atoms with Gasteiger partial charge < -0.3 is 19.9 Å². The first-order chi connectivity index (χ1) is 16.5. The summed E-state index contributed by atoms with van der Waals surface area (Å²) in [7, 11) is -2.30. The number of carbonyl (C=O) groups excluding carboxylic acids is 1. The molecule has 0 bridgehead atoms. The van der Waals surface area contributed by atoms with Crippen LogP contribution in [0.3, 0.4) is 0 Å². The van der Waals surface area contributed by atoms with E-state index < -0.39 is 15.7 Å². The van der Waals surface area contributed by atoms with Gasteiger partial charge in [0.2, 0.25) is 9.84 Å². The summed E-state index contributed by atoms with van der Waals surface area (Å²) in [4.78, 5) is 17.6. The number of methoxy groups -OCH3 is 1. The molecule has 0 radical (unpaired) electrons. The number of sulfone groups is 1. The molecule has 1 amide bonds. The molecule has 34 heavy (non-hydrogen) atoms. The molecule has 7 nitrogen and oxygen atoms in total. The van der Waals surface area contributed by atoms with Crippen LogP contribution in [-0.4, -0.2) is 52.5 Å². The molecule has 2 aliphatic rings. The topological polar surface area (TPSA) is 79.0 Å². The summed E-state index contributed by atoms with van der Waals surface area (Å²) >= 11 is 0. The molecule has 0 spiro atoms. The summed E-state index contributed by atoms with van der Waals surface area (Å²) in [6.45, 7) is 2.58. The van der Waals surface area contributed by atoms with Crippen molar-refractivity contribution in [3.63, 3.8) is 0 Å². The average molecular weight is 476 g/mol. The molecule has 0 unspecified atom stereocenters. The van der Waals surface area contributed by atoms with Gasteiger partial charge in [-0.25, -0.2) is 8.42 Å². The highest BCUT2D eigenvalue weighted by atomic mass is 32.2. The Balaban J connectivity index is 1.46. The fourth-order valence-electron chi connectivity index (χ4n) is 4.49. The van der Waals surface area contributed by atoms with E-state index in [1.165, 1.54) is 0 Å². The van der Waals surface area contributed by atoms with E-state index in [1.54, 1.807) is 55.6 Å². The van der Waals surface area contributed by atoms with Crippen LogP contribution in [0.5, 0.6) is 5.75 Å². The molecule has 3 aromatic rings. The van der Waals surface area contributed by atoms with Crippen molar-refractivity contribution in [3.05, 3.63) is 89.3 Å². The van der Waals surface area contributed by atoms with Crippen LogP contribution in [0, 0.1) is 0 Å². The van der Waals surface area contributed by atoms with Crippen LogP contribution >= 0.6 is 0 Å². The number of rotatable bonds is 5. The quantitative estimate of drug-likeness (QED) is 0.607. The molecular formula is C26H25N3O4S. The van der Waals surface area contributed by atoms with Gasteiger partial charge in [0.1, 0.15) is 5.75 Å². The molecule has 2 heterocycles. The molecule has 0 aromatic heterocycles. The van der Waals surface area contributed by atoms with Crippen LogP contribution in [0.2, 0.25) is 0 Å². The van der Waals surface area contributed by atoms with Gasteiger partial charge in [-0.15, -0.1) is 0 Å². The minimum atomic E-state index is -3.94. The minimum absolute atomic E-state index is 0.181. The Kier molecular flexibility index (Phi) is 5.75. The van der Waals surface area contributed by atoms with E-state index in [-0.39, 0.29) is 9.80 Å². The van der Waals surface area contributed by atoms with Crippen molar-refractivity contribution >= 4 is 32.8 Å². The zero-order valence-corrected chi connectivity index (χ0v) is 19.6. The SMILES string of the molecule is COc1ccc(N2CCN(C3=C(C(=O)Nc4ccccc4)S(=O)(=O)c4ccccc43)CC2)cc1. The lowest BCUT2D eigenvalue weighted by Gasteiger charge is -2.38. The zero-order valence-electron chi connectivity index (χ0n) is 18.8. The molecule has 8 heteroatoms. The lowest BCUT2D eigenvalue weighted by atomic mass is 10.1. The predicted octanol–water partition coefficient (Wildman–Crippen LogP) is 3.61. The maximum atomic E-state index is 13.4. The first-order valence-electron chi connectivity index (χ1n) is 11.1. The number of carbonyl (C=O) groups is 1. The van der Waals surface area contributed by atoms with Crippen LogP contribution < -0.4 is 15.0 Å². The van der Waals surface area contributed by atoms with E-state index >= 15 is 0 Å². The molecule has 1 fully saturated rings. The number of anilines is 2. The standard InChI is InChI=1S/C26H25N3O4S/c1-33-21-13-11-20(12-14-21)28-15-17-29(18-16-28)24-22-9-5-6-10-23(22)34(31,32)25(24)26(30)27-19-7-3-2-4-8-19/h2-14H,15-18H2,1H3,(H,27,30). The average Bonchev–Trinajstić information content (AvgIpc) is 3.12. The van der Waals surface area contributed by atoms with Crippen molar-refractivity contribution in [1.29, 1.82) is 0 Å². The van der Waals surface area contributed by atoms with E-state index in [0.717, 1.165) is 11.4 Å². The Labute approximate surface area is 199 Å². The van der Waals surface area contributed by atoms with E-state index in [2.05, 4.69) is 10.2 Å². The monoisotopic (exact) mass is 475 g/mol. The lowest BCUT2D eigenvalue weighted by molar-refractivity contribution is -0.112. The molecule has 3 aromatic carbocycles. The number of nitrogens with one attached hydrogen (secondary N) is 1. The number of hydrogen-bond donors (Lipinski definition) is 1. The van der Waals surface area contributed by atoms with Crippen LogP contribution in [0.25, 0.3) is 5.70 Å². The fraction of sp³-hybridized carbons (Fsp3) is 0.192. The number of nitrogens with zero attached hydrogens (tertiary/aromatic N) is 2. The van der Waals surface area contributed by atoms with Crippen molar-refractivity contribution in [1.82, 2.24) is 4.90 Å². The second kappa shape index (κ2) is 8.87. The van der Waals surface area contributed by atoms with Crippen molar-refractivity contribution in [2.45, 2.75) is 4.90 Å². The Bertz CT molecular complexity index is 1340. The summed E-state index contributed by atoms with van der Waals surface area (Å²) in [6, 6.07) is 23.6. The summed E-state index contributed by atoms with van der Waals surface area (Å²) in [5, 5.41) is 2.76. The Morgan fingerprint density at radius 1 is 0.824 bits per heavy atom. The first-order valence-corrected chi connectivity index (χ1v) is 12.6. The summed E-state index contributed by atoms with van der Waals surface area (Å²) in [6.07, 6.45) is 0. The van der Waals surface area contributed by atoms with E-state index in [0.29, 0.717) is 43.1 Å². The van der Waals surface area contributed by atoms with Gasteiger partial charge in [-0.1, -0.05) is 36.4 Å². The second-order valence-corrected chi connectivity index (χ2v) is 10.0. The minimum Gasteiger partial charge on any atom is -0.497 e. The highest BCUT2D eigenvalue weighted by molar-refractivity contribution is 7.97. The Hall–Kier alpha value is -3.78. The third kappa shape index (κ3) is 3.90. The molecule has 2 aliphatic heterocycles. The lowest BCUT2D eigenvalue weighted by Crippen LogP contribution is -2.45. The van der Waals surface area contributed by atoms with Gasteiger partial charge in [-0.2, -0.15) is 0 Å². The van der Waals surface area contributed by atoms with E-state index in [1.807, 2.05) is 35.2 Å². The second-order valence-electron chi connectivity index (χ2n) is 8.17. The number of fused-ring (bicyclic) bond motifs is 1. The fourth-order valence-corrected chi connectivity index (χ4v) is 6.21. The number of amides is 1. The van der Waals surface area contributed by atoms with Crippen molar-refractivity contribution < 1.29 is 17.9 Å². The number of benzene rings is 3. The number of hydrogen-bond acceptors (Lipinski definition) is 6. The van der Waals surface area contributed by atoms with Gasteiger partial charge in [0.15, 0.2) is 4.91 Å². The van der Waals surface area contributed by atoms with Crippen LogP contribution in [-0.2, 0) is 14.6 Å². The molecule has 0 aliphatic carbocycles. The maximum Gasteiger partial charge on any atom is 0.269 e. The van der Waals surface area contributed by atoms with Gasteiger partial charge in [-0.05, 0) is 42.5 Å². The zero-order chi connectivity index (χ0) is 23.7. The predicted molar refractivity (Wildman–Crippen MR) is 132 cm³/mol. The van der Waals surface area contributed by atoms with Gasteiger partial charge in [-0.3, -0.25) is 4.79 Å². The Morgan fingerprint density at radius 3 is 2.12 bits per heavy atom. The molecular weight excluding hydrogens is 450 g/mol. The number of para-hydroxylation sites is 1. The van der Waals surface area contributed by atoms with Gasteiger partial charge in [0.05, 0.1) is 17.7 Å². The third-order valence-electron chi connectivity index (χ3n) is 6.19. The highest BCUT2D eigenvalue weighted by Crippen LogP contribution is 2.42. The van der Waals surface area contributed by atoms with Crippen molar-refractivity contribution in [3.8, 4) is 5.75 Å². The summed E-state index contributed by atoms with van der Waals surface area (Å²) in [5.41, 5.74) is 2.70. The van der Waals surface area contributed by atoms with E-state index in [9.17, 15) is 13.2 Å². The summed E-state index contributed by atoms with van der Waals surface area (Å²) < 4.78 is 32.1. The van der Waals surface area contributed by atoms with Gasteiger partial charge in [0.25, 0.3) is 5.91 Å². The van der Waals surface area contributed by atoms with E-state index in [4.69, 9.17) is 4.74 Å². The highest BCUT2D eigenvalue weighted by Gasteiger charge is 2.42. The van der Waals surface area contributed by atoms with Gasteiger partial charge in [0, 0.05) is 43.1 Å². The number of ether oxygens (including phenoxy) is 1. The smallest absolute Gasteiger partial charge is 0.269 e. The van der Waals surface area contributed by atoms with Crippen molar-refractivity contribution in [2.24, 2.45) is 0 Å². The molecule has 5 rings (SSSR count). The van der Waals surface area contributed by atoms with Crippen LogP contribution in [0.15, 0.2) is 88.7 Å². The molecule has 0 atom stereocenters. The summed E-state index contributed by atoms with van der Waals surface area (Å²) in [5.74, 6) is 0.185. The maximum absolute atomic E-state index is 13.4. The Morgan fingerprint density at radius 2 is 1.44 bits per heavy atom. The molecule has 1 N–H and O–H groups in total. The largest absolute Gasteiger partial charge is 0.497 e. The normalized spacial score (nSPS) is 16.9. The number of piperazine rings is 1. The molecule has 1 saturated heterocycles. The van der Waals surface area contributed by atoms with Crippen molar-refractivity contribution in [2.75, 3.05) is 43.5 Å². The molecule has 0 saturated carbocycles. The molecule has 174 valence electrons. The van der Waals surface area contributed by atoms with Crippen LogP contribution in [0.4, 0.5) is 11.4 Å². The third-order valence-corrected chi connectivity index (χ3v) is 8.04.